The normalized spacial score (nSPS) is 14.4. The number of anilines is 2. The standard InChI is InChI=1S/C26H18BrCl2N3O6/c1-37-18-6-4-17(5-7-18)32-25(35)19(24(34)31-26(32)36)11-14-10-15(27)2-9-22(14)38-13-23(33)30-16-3-8-20(28)21(29)12-16/h2-12H,13H2,1H3,(H,30,33)(H,31,34,36)/b19-11+. The van der Waals surface area contributed by atoms with E-state index in [0.717, 1.165) is 4.90 Å². The summed E-state index contributed by atoms with van der Waals surface area (Å²) in [4.78, 5) is 51.6. The molecule has 0 unspecified atom stereocenters. The lowest BCUT2D eigenvalue weighted by atomic mass is 10.1. The van der Waals surface area contributed by atoms with E-state index >= 15 is 0 Å². The first kappa shape index (κ1) is 27.2. The number of rotatable bonds is 7. The Morgan fingerprint density at radius 3 is 2.45 bits per heavy atom. The zero-order valence-corrected chi connectivity index (χ0v) is 22.7. The summed E-state index contributed by atoms with van der Waals surface area (Å²) in [6.07, 6.45) is 1.29. The van der Waals surface area contributed by atoms with Gasteiger partial charge in [-0.15, -0.1) is 0 Å². The Labute approximate surface area is 235 Å². The van der Waals surface area contributed by atoms with E-state index in [-0.39, 0.29) is 28.6 Å². The van der Waals surface area contributed by atoms with E-state index in [4.69, 9.17) is 32.7 Å². The summed E-state index contributed by atoms with van der Waals surface area (Å²) in [7, 11) is 1.49. The summed E-state index contributed by atoms with van der Waals surface area (Å²) in [6, 6.07) is 14.8. The monoisotopic (exact) mass is 617 g/mol. The SMILES string of the molecule is COc1ccc(N2C(=O)NC(=O)/C(=C\c3cc(Br)ccc3OCC(=O)Nc3ccc(Cl)c(Cl)c3)C2=O)cc1. The Morgan fingerprint density at radius 2 is 1.76 bits per heavy atom. The molecule has 12 heteroatoms. The molecule has 1 heterocycles. The van der Waals surface area contributed by atoms with Crippen molar-refractivity contribution in [1.29, 1.82) is 0 Å². The Hall–Kier alpha value is -3.86. The van der Waals surface area contributed by atoms with Gasteiger partial charge >= 0.3 is 6.03 Å². The summed E-state index contributed by atoms with van der Waals surface area (Å²) in [5, 5.41) is 5.44. The van der Waals surface area contributed by atoms with Gasteiger partial charge in [-0.3, -0.25) is 19.7 Å². The maximum atomic E-state index is 13.2. The molecule has 38 heavy (non-hydrogen) atoms. The number of amides is 5. The molecule has 0 radical (unpaired) electrons. The van der Waals surface area contributed by atoms with Crippen molar-refractivity contribution in [3.63, 3.8) is 0 Å². The first-order valence-corrected chi connectivity index (χ1v) is 12.4. The van der Waals surface area contributed by atoms with Crippen LogP contribution in [0.15, 0.2) is 70.7 Å². The predicted octanol–water partition coefficient (Wildman–Crippen LogP) is 5.45. The summed E-state index contributed by atoms with van der Waals surface area (Å²) < 4.78 is 11.4. The number of carbonyl (C=O) groups is 4. The van der Waals surface area contributed by atoms with Gasteiger partial charge in [0.15, 0.2) is 6.61 Å². The highest BCUT2D eigenvalue weighted by Crippen LogP contribution is 2.29. The number of nitrogens with zero attached hydrogens (tertiary/aromatic N) is 1. The number of imide groups is 2. The predicted molar refractivity (Wildman–Crippen MR) is 147 cm³/mol. The summed E-state index contributed by atoms with van der Waals surface area (Å²) in [6.45, 7) is -0.380. The first-order chi connectivity index (χ1) is 18.2. The van der Waals surface area contributed by atoms with E-state index < -0.39 is 23.8 Å². The van der Waals surface area contributed by atoms with Gasteiger partial charge in [-0.25, -0.2) is 9.69 Å². The average Bonchev–Trinajstić information content (AvgIpc) is 2.88. The molecule has 194 valence electrons. The van der Waals surface area contributed by atoms with Gasteiger partial charge < -0.3 is 14.8 Å². The number of benzene rings is 3. The number of carbonyl (C=O) groups excluding carboxylic acids is 4. The molecular formula is C26H18BrCl2N3O6. The fraction of sp³-hybridized carbons (Fsp3) is 0.0769. The molecular weight excluding hydrogens is 601 g/mol. The molecule has 0 bridgehead atoms. The van der Waals surface area contributed by atoms with Crippen molar-refractivity contribution in [3.05, 3.63) is 86.3 Å². The number of ether oxygens (including phenoxy) is 2. The van der Waals surface area contributed by atoms with Crippen LogP contribution < -0.4 is 25.0 Å². The molecule has 3 aromatic carbocycles. The van der Waals surface area contributed by atoms with Gasteiger partial charge in [0.25, 0.3) is 17.7 Å². The highest BCUT2D eigenvalue weighted by molar-refractivity contribution is 9.10. The van der Waals surface area contributed by atoms with Crippen LogP contribution in [0.2, 0.25) is 10.0 Å². The largest absolute Gasteiger partial charge is 0.497 e. The molecule has 1 aliphatic heterocycles. The van der Waals surface area contributed by atoms with Crippen molar-refractivity contribution >= 4 is 80.3 Å². The van der Waals surface area contributed by atoms with Crippen LogP contribution in [0.4, 0.5) is 16.2 Å². The van der Waals surface area contributed by atoms with Crippen molar-refractivity contribution < 1.29 is 28.7 Å². The zero-order chi connectivity index (χ0) is 27.4. The maximum absolute atomic E-state index is 13.2. The van der Waals surface area contributed by atoms with Crippen LogP contribution in [-0.4, -0.2) is 37.5 Å². The van der Waals surface area contributed by atoms with E-state index in [1.165, 1.54) is 31.4 Å². The van der Waals surface area contributed by atoms with E-state index in [9.17, 15) is 19.2 Å². The van der Waals surface area contributed by atoms with Crippen LogP contribution >= 0.6 is 39.1 Å². The molecule has 4 rings (SSSR count). The van der Waals surface area contributed by atoms with Gasteiger partial charge in [-0.05, 0) is 66.7 Å². The lowest BCUT2D eigenvalue weighted by Crippen LogP contribution is -2.54. The lowest BCUT2D eigenvalue weighted by Gasteiger charge is -2.26. The van der Waals surface area contributed by atoms with Crippen LogP contribution in [0.5, 0.6) is 11.5 Å². The van der Waals surface area contributed by atoms with E-state index in [1.807, 2.05) is 0 Å². The first-order valence-electron chi connectivity index (χ1n) is 10.9. The van der Waals surface area contributed by atoms with Crippen molar-refractivity contribution in [2.45, 2.75) is 0 Å². The molecule has 0 spiro atoms. The van der Waals surface area contributed by atoms with Gasteiger partial charge in [0, 0.05) is 15.7 Å². The molecule has 9 nitrogen and oxygen atoms in total. The van der Waals surface area contributed by atoms with Crippen molar-refractivity contribution in [3.8, 4) is 11.5 Å². The molecule has 0 saturated carbocycles. The fourth-order valence-electron chi connectivity index (χ4n) is 3.46. The van der Waals surface area contributed by atoms with Crippen molar-refractivity contribution in [2.24, 2.45) is 0 Å². The van der Waals surface area contributed by atoms with Gasteiger partial charge in [0.1, 0.15) is 17.1 Å². The van der Waals surface area contributed by atoms with Gasteiger partial charge in [-0.1, -0.05) is 39.1 Å². The Balaban J connectivity index is 1.56. The third-order valence-corrected chi connectivity index (χ3v) is 6.50. The fourth-order valence-corrected chi connectivity index (χ4v) is 4.13. The quantitative estimate of drug-likeness (QED) is 0.269. The Kier molecular flexibility index (Phi) is 8.35. The minimum Gasteiger partial charge on any atom is -0.497 e. The Morgan fingerprint density at radius 1 is 1.03 bits per heavy atom. The van der Waals surface area contributed by atoms with Gasteiger partial charge in [-0.2, -0.15) is 0 Å². The number of urea groups is 1. The van der Waals surface area contributed by atoms with Crippen LogP contribution in [0.3, 0.4) is 0 Å². The third kappa shape index (κ3) is 6.16. The number of nitrogens with one attached hydrogen (secondary N) is 2. The highest BCUT2D eigenvalue weighted by Gasteiger charge is 2.37. The number of hydrogen-bond acceptors (Lipinski definition) is 6. The number of halogens is 3. The molecule has 0 aliphatic carbocycles. The molecule has 2 N–H and O–H groups in total. The highest BCUT2D eigenvalue weighted by atomic mass is 79.9. The number of barbiturate groups is 1. The average molecular weight is 619 g/mol. The number of methoxy groups -OCH3 is 1. The topological polar surface area (TPSA) is 114 Å². The summed E-state index contributed by atoms with van der Waals surface area (Å²) in [5.74, 6) is -1.42. The van der Waals surface area contributed by atoms with Crippen molar-refractivity contribution in [1.82, 2.24) is 5.32 Å². The molecule has 1 saturated heterocycles. The lowest BCUT2D eigenvalue weighted by molar-refractivity contribution is -0.122. The van der Waals surface area contributed by atoms with Gasteiger partial charge in [0.05, 0.1) is 22.8 Å². The summed E-state index contributed by atoms with van der Waals surface area (Å²) >= 11 is 15.2. The van der Waals surface area contributed by atoms with Gasteiger partial charge in [0.2, 0.25) is 0 Å². The maximum Gasteiger partial charge on any atom is 0.335 e. The van der Waals surface area contributed by atoms with E-state index in [0.29, 0.717) is 26.5 Å². The molecule has 1 fully saturated rings. The van der Waals surface area contributed by atoms with Crippen LogP contribution in [0, 0.1) is 0 Å². The van der Waals surface area contributed by atoms with Crippen LogP contribution in [0.25, 0.3) is 6.08 Å². The minimum atomic E-state index is -0.882. The molecule has 5 amide bonds. The second kappa shape index (κ2) is 11.7. The molecule has 1 aliphatic rings. The molecule has 0 aromatic heterocycles. The van der Waals surface area contributed by atoms with Crippen LogP contribution in [0.1, 0.15) is 5.56 Å². The molecule has 0 atom stereocenters. The second-order valence-corrected chi connectivity index (χ2v) is 9.53. The second-order valence-electron chi connectivity index (χ2n) is 7.80. The third-order valence-electron chi connectivity index (χ3n) is 5.27. The molecule has 3 aromatic rings. The summed E-state index contributed by atoms with van der Waals surface area (Å²) in [5.41, 5.74) is 0.697. The number of hydrogen-bond donors (Lipinski definition) is 2. The minimum absolute atomic E-state index is 0.221. The van der Waals surface area contributed by atoms with Crippen molar-refractivity contribution in [2.75, 3.05) is 23.9 Å². The van der Waals surface area contributed by atoms with E-state index in [2.05, 4.69) is 26.6 Å². The van der Waals surface area contributed by atoms with E-state index in [1.54, 1.807) is 42.5 Å². The zero-order valence-electron chi connectivity index (χ0n) is 19.6. The van der Waals surface area contributed by atoms with Crippen LogP contribution in [-0.2, 0) is 14.4 Å². The Bertz CT molecular complexity index is 1480. The smallest absolute Gasteiger partial charge is 0.335 e.